The molecule has 0 atom stereocenters. The van der Waals surface area contributed by atoms with Crippen molar-refractivity contribution in [3.8, 4) is 0 Å². The van der Waals surface area contributed by atoms with Crippen LogP contribution in [0.4, 0.5) is 0 Å². The monoisotopic (exact) mass is 297 g/mol. The van der Waals surface area contributed by atoms with Crippen LogP contribution in [0.2, 0.25) is 0 Å². The van der Waals surface area contributed by atoms with E-state index >= 15 is 0 Å². The first-order valence-electron chi connectivity index (χ1n) is 6.59. The van der Waals surface area contributed by atoms with Gasteiger partial charge in [-0.15, -0.1) is 0 Å². The van der Waals surface area contributed by atoms with Gasteiger partial charge in [0.1, 0.15) is 0 Å². The normalized spacial score (nSPS) is 15.1. The fraction of sp³-hybridized carbons (Fsp3) is 0.462. The number of nitrogens with one attached hydrogen (secondary N) is 2. The van der Waals surface area contributed by atoms with Gasteiger partial charge in [-0.05, 0) is 30.5 Å². The highest BCUT2D eigenvalue weighted by Crippen LogP contribution is 2.28. The SMILES string of the molecule is NCc1cccc(S(=O)(=O)NCCNC(=O)C2CC2)c1. The standard InChI is InChI=1S/C13H19N3O3S/c14-9-10-2-1-3-12(8-10)20(18,19)16-7-6-15-13(17)11-4-5-11/h1-3,8,11,16H,4-7,9,14H2,(H,15,17). The van der Waals surface area contributed by atoms with Crippen molar-refractivity contribution < 1.29 is 13.2 Å². The number of benzene rings is 1. The van der Waals surface area contributed by atoms with E-state index in [2.05, 4.69) is 10.0 Å². The van der Waals surface area contributed by atoms with E-state index in [0.29, 0.717) is 13.1 Å². The highest BCUT2D eigenvalue weighted by atomic mass is 32.2. The molecule has 1 fully saturated rings. The first-order valence-corrected chi connectivity index (χ1v) is 8.07. The third-order valence-corrected chi connectivity index (χ3v) is 4.57. The maximum absolute atomic E-state index is 12.0. The molecule has 1 aromatic carbocycles. The molecule has 1 aromatic rings. The smallest absolute Gasteiger partial charge is 0.240 e. The van der Waals surface area contributed by atoms with Crippen LogP contribution in [0, 0.1) is 5.92 Å². The van der Waals surface area contributed by atoms with Crippen LogP contribution < -0.4 is 15.8 Å². The number of hydrogen-bond donors (Lipinski definition) is 3. The largest absolute Gasteiger partial charge is 0.355 e. The molecule has 0 bridgehead atoms. The second-order valence-corrected chi connectivity index (χ2v) is 6.58. The molecule has 6 nitrogen and oxygen atoms in total. The summed E-state index contributed by atoms with van der Waals surface area (Å²) in [6.07, 6.45) is 1.87. The van der Waals surface area contributed by atoms with Crippen molar-refractivity contribution in [3.63, 3.8) is 0 Å². The Balaban J connectivity index is 1.84. The Morgan fingerprint density at radius 2 is 2.05 bits per heavy atom. The molecule has 1 saturated carbocycles. The van der Waals surface area contributed by atoms with Gasteiger partial charge in [0.15, 0.2) is 0 Å². The Labute approximate surface area is 118 Å². The summed E-state index contributed by atoms with van der Waals surface area (Å²) in [5, 5.41) is 2.71. The summed E-state index contributed by atoms with van der Waals surface area (Å²) in [4.78, 5) is 11.6. The molecule has 2 rings (SSSR count). The van der Waals surface area contributed by atoms with E-state index in [4.69, 9.17) is 5.73 Å². The van der Waals surface area contributed by atoms with Crippen molar-refractivity contribution in [2.75, 3.05) is 13.1 Å². The lowest BCUT2D eigenvalue weighted by Gasteiger charge is -2.08. The highest BCUT2D eigenvalue weighted by molar-refractivity contribution is 7.89. The van der Waals surface area contributed by atoms with Crippen LogP contribution in [0.5, 0.6) is 0 Å². The fourth-order valence-electron chi connectivity index (χ4n) is 1.78. The van der Waals surface area contributed by atoms with Gasteiger partial charge >= 0.3 is 0 Å². The summed E-state index contributed by atoms with van der Waals surface area (Å²) >= 11 is 0. The summed E-state index contributed by atoms with van der Waals surface area (Å²) in [7, 11) is -3.55. The van der Waals surface area contributed by atoms with Crippen LogP contribution >= 0.6 is 0 Å². The number of nitrogens with two attached hydrogens (primary N) is 1. The van der Waals surface area contributed by atoms with Gasteiger partial charge < -0.3 is 11.1 Å². The molecule has 0 spiro atoms. The van der Waals surface area contributed by atoms with Crippen molar-refractivity contribution in [1.29, 1.82) is 0 Å². The zero-order chi connectivity index (χ0) is 14.6. The van der Waals surface area contributed by atoms with Crippen LogP contribution in [0.3, 0.4) is 0 Å². The van der Waals surface area contributed by atoms with E-state index in [-0.39, 0.29) is 23.3 Å². The molecule has 0 heterocycles. The lowest BCUT2D eigenvalue weighted by Crippen LogP contribution is -2.35. The fourth-order valence-corrected chi connectivity index (χ4v) is 2.89. The molecular weight excluding hydrogens is 278 g/mol. The molecular formula is C13H19N3O3S. The number of sulfonamides is 1. The Morgan fingerprint density at radius 3 is 2.70 bits per heavy atom. The van der Waals surface area contributed by atoms with Crippen molar-refractivity contribution in [1.82, 2.24) is 10.0 Å². The average Bonchev–Trinajstić information content (AvgIpc) is 3.28. The number of rotatable bonds is 7. The summed E-state index contributed by atoms with van der Waals surface area (Å²) in [6, 6.07) is 6.50. The maximum Gasteiger partial charge on any atom is 0.240 e. The molecule has 0 aliphatic heterocycles. The lowest BCUT2D eigenvalue weighted by atomic mass is 10.2. The third-order valence-electron chi connectivity index (χ3n) is 3.11. The topological polar surface area (TPSA) is 101 Å². The van der Waals surface area contributed by atoms with Crippen molar-refractivity contribution in [3.05, 3.63) is 29.8 Å². The van der Waals surface area contributed by atoms with Crippen molar-refractivity contribution in [2.45, 2.75) is 24.3 Å². The first-order chi connectivity index (χ1) is 9.53. The van der Waals surface area contributed by atoms with E-state index < -0.39 is 10.0 Å². The van der Waals surface area contributed by atoms with E-state index in [9.17, 15) is 13.2 Å². The summed E-state index contributed by atoms with van der Waals surface area (Å²) in [5.74, 6) is 0.141. The van der Waals surface area contributed by atoms with Gasteiger partial charge in [-0.25, -0.2) is 13.1 Å². The van der Waals surface area contributed by atoms with Crippen molar-refractivity contribution >= 4 is 15.9 Å². The van der Waals surface area contributed by atoms with Gasteiger partial charge in [0.25, 0.3) is 0 Å². The van der Waals surface area contributed by atoms with Crippen molar-refractivity contribution in [2.24, 2.45) is 11.7 Å². The molecule has 0 saturated heterocycles. The van der Waals surface area contributed by atoms with Crippen LogP contribution in [0.25, 0.3) is 0 Å². The predicted octanol–water partition coefficient (Wildman–Crippen LogP) is -0.0502. The zero-order valence-corrected chi connectivity index (χ0v) is 11.9. The van der Waals surface area contributed by atoms with E-state index in [0.717, 1.165) is 18.4 Å². The lowest BCUT2D eigenvalue weighted by molar-refractivity contribution is -0.122. The van der Waals surface area contributed by atoms with E-state index in [1.807, 2.05) is 0 Å². The maximum atomic E-state index is 12.0. The molecule has 1 aliphatic carbocycles. The second-order valence-electron chi connectivity index (χ2n) is 4.81. The quantitative estimate of drug-likeness (QED) is 0.614. The number of carbonyl (C=O) groups is 1. The number of carbonyl (C=O) groups excluding carboxylic acids is 1. The molecule has 20 heavy (non-hydrogen) atoms. The van der Waals surface area contributed by atoms with Crippen LogP contribution in [-0.2, 0) is 21.4 Å². The number of amides is 1. The van der Waals surface area contributed by atoms with Gasteiger partial charge in [-0.2, -0.15) is 0 Å². The van der Waals surface area contributed by atoms with Crippen LogP contribution in [0.15, 0.2) is 29.2 Å². The molecule has 0 unspecified atom stereocenters. The molecule has 7 heteroatoms. The molecule has 4 N–H and O–H groups in total. The molecule has 0 radical (unpaired) electrons. The Hall–Kier alpha value is -1.44. The Bertz CT molecular complexity index is 582. The minimum absolute atomic E-state index is 0.00864. The highest BCUT2D eigenvalue weighted by Gasteiger charge is 2.29. The first kappa shape index (κ1) is 15.0. The van der Waals surface area contributed by atoms with Crippen LogP contribution in [-0.4, -0.2) is 27.4 Å². The Kier molecular flexibility index (Phi) is 4.74. The molecule has 110 valence electrons. The third kappa shape index (κ3) is 4.03. The number of hydrogen-bond acceptors (Lipinski definition) is 4. The minimum atomic E-state index is -3.55. The van der Waals surface area contributed by atoms with Gasteiger partial charge in [0.2, 0.25) is 15.9 Å². The van der Waals surface area contributed by atoms with Gasteiger partial charge in [0.05, 0.1) is 4.90 Å². The van der Waals surface area contributed by atoms with E-state index in [1.54, 1.807) is 18.2 Å². The average molecular weight is 297 g/mol. The van der Waals surface area contributed by atoms with Crippen LogP contribution in [0.1, 0.15) is 18.4 Å². The summed E-state index contributed by atoms with van der Waals surface area (Å²) in [6.45, 7) is 0.763. The molecule has 0 aromatic heterocycles. The van der Waals surface area contributed by atoms with Gasteiger partial charge in [-0.3, -0.25) is 4.79 Å². The summed E-state index contributed by atoms with van der Waals surface area (Å²) in [5.41, 5.74) is 6.25. The Morgan fingerprint density at radius 1 is 1.30 bits per heavy atom. The predicted molar refractivity (Wildman–Crippen MR) is 75.3 cm³/mol. The zero-order valence-electron chi connectivity index (χ0n) is 11.1. The molecule has 1 aliphatic rings. The summed E-state index contributed by atoms with van der Waals surface area (Å²) < 4.78 is 26.5. The molecule has 1 amide bonds. The van der Waals surface area contributed by atoms with E-state index in [1.165, 1.54) is 6.07 Å². The minimum Gasteiger partial charge on any atom is -0.355 e. The van der Waals surface area contributed by atoms with Gasteiger partial charge in [0, 0.05) is 25.6 Å². The van der Waals surface area contributed by atoms with Gasteiger partial charge in [-0.1, -0.05) is 12.1 Å². The second kappa shape index (κ2) is 6.34.